The maximum absolute atomic E-state index is 5.79. The predicted octanol–water partition coefficient (Wildman–Crippen LogP) is 3.52. The van der Waals surface area contributed by atoms with Crippen LogP contribution in [0.3, 0.4) is 0 Å². The fraction of sp³-hybridized carbons (Fsp3) is 0.286. The molecule has 0 amide bonds. The van der Waals surface area contributed by atoms with E-state index < -0.39 is 0 Å². The Balaban J connectivity index is 2.44. The van der Waals surface area contributed by atoms with Gasteiger partial charge >= 0.3 is 0 Å². The number of hydrogen-bond donors (Lipinski definition) is 1. The molecule has 3 rings (SSSR count). The minimum atomic E-state index is 0.778. The van der Waals surface area contributed by atoms with Crippen LogP contribution in [0.2, 0.25) is 0 Å². The molecule has 0 atom stereocenters. The molecule has 0 fully saturated rings. The van der Waals surface area contributed by atoms with Crippen molar-refractivity contribution in [3.63, 3.8) is 0 Å². The van der Waals surface area contributed by atoms with Crippen LogP contribution in [0.5, 0.6) is 0 Å². The minimum Gasteiger partial charge on any atom is -0.461 e. The van der Waals surface area contributed by atoms with Crippen LogP contribution in [0.4, 0.5) is 0 Å². The van der Waals surface area contributed by atoms with Crippen molar-refractivity contribution >= 4 is 21.9 Å². The van der Waals surface area contributed by atoms with Crippen LogP contribution in [0.25, 0.3) is 21.9 Å². The molecule has 17 heavy (non-hydrogen) atoms. The van der Waals surface area contributed by atoms with Crippen molar-refractivity contribution in [2.75, 3.05) is 7.05 Å². The maximum Gasteiger partial charge on any atom is 0.139 e. The largest absolute Gasteiger partial charge is 0.461 e. The van der Waals surface area contributed by atoms with Crippen molar-refractivity contribution < 1.29 is 8.83 Å². The quantitative estimate of drug-likeness (QED) is 0.730. The summed E-state index contributed by atoms with van der Waals surface area (Å²) < 4.78 is 11.5. The summed E-state index contributed by atoms with van der Waals surface area (Å²) in [6.07, 6.45) is 0. The molecular weight excluding hydrogens is 214 g/mol. The monoisotopic (exact) mass is 229 g/mol. The molecule has 3 aromatic rings. The molecule has 0 unspecified atom stereocenters. The number of aryl methyl sites for hydroxylation is 2. The summed E-state index contributed by atoms with van der Waals surface area (Å²) in [5.74, 6) is 1.86. The van der Waals surface area contributed by atoms with Gasteiger partial charge in [-0.2, -0.15) is 0 Å². The van der Waals surface area contributed by atoms with Gasteiger partial charge in [-0.1, -0.05) is 0 Å². The first-order valence-corrected chi connectivity index (χ1v) is 5.76. The molecule has 0 radical (unpaired) electrons. The first kappa shape index (κ1) is 10.4. The summed E-state index contributed by atoms with van der Waals surface area (Å²) in [4.78, 5) is 0. The lowest BCUT2D eigenvalue weighted by atomic mass is 10.1. The van der Waals surface area contributed by atoms with E-state index in [1.807, 2.05) is 33.0 Å². The Labute approximate surface area is 99.4 Å². The molecular formula is C14H15NO2. The van der Waals surface area contributed by atoms with Crippen molar-refractivity contribution in [3.05, 3.63) is 35.3 Å². The zero-order valence-electron chi connectivity index (χ0n) is 10.3. The number of hydrogen-bond acceptors (Lipinski definition) is 3. The van der Waals surface area contributed by atoms with E-state index in [0.29, 0.717) is 0 Å². The van der Waals surface area contributed by atoms with E-state index in [1.54, 1.807) is 0 Å². The zero-order chi connectivity index (χ0) is 12.0. The van der Waals surface area contributed by atoms with Gasteiger partial charge in [0.25, 0.3) is 0 Å². The van der Waals surface area contributed by atoms with Crippen LogP contribution in [0, 0.1) is 13.8 Å². The van der Waals surface area contributed by atoms with Crippen molar-refractivity contribution in [3.8, 4) is 0 Å². The average molecular weight is 229 g/mol. The molecule has 1 aromatic carbocycles. The SMILES string of the molecule is CNCc1c2cc(C)oc2cc2cc(C)oc12. The molecule has 0 aliphatic heterocycles. The van der Waals surface area contributed by atoms with Crippen LogP contribution in [-0.2, 0) is 6.54 Å². The van der Waals surface area contributed by atoms with E-state index in [2.05, 4.69) is 11.4 Å². The molecule has 0 aliphatic rings. The lowest BCUT2D eigenvalue weighted by Gasteiger charge is -2.02. The van der Waals surface area contributed by atoms with E-state index in [0.717, 1.165) is 40.0 Å². The number of fused-ring (bicyclic) bond motifs is 2. The molecule has 2 heterocycles. The van der Waals surface area contributed by atoms with Crippen LogP contribution < -0.4 is 5.32 Å². The third kappa shape index (κ3) is 1.54. The third-order valence-electron chi connectivity index (χ3n) is 3.01. The molecule has 2 aromatic heterocycles. The normalized spacial score (nSPS) is 11.7. The van der Waals surface area contributed by atoms with E-state index >= 15 is 0 Å². The number of nitrogens with one attached hydrogen (secondary N) is 1. The van der Waals surface area contributed by atoms with Crippen molar-refractivity contribution in [2.45, 2.75) is 20.4 Å². The Kier molecular flexibility index (Phi) is 2.23. The molecule has 3 heteroatoms. The fourth-order valence-electron chi connectivity index (χ4n) is 2.37. The third-order valence-corrected chi connectivity index (χ3v) is 3.01. The highest BCUT2D eigenvalue weighted by molar-refractivity contribution is 5.98. The standard InChI is InChI=1S/C14H15NO2/c1-8-4-10-6-13-11(5-9(2)16-13)12(7-15-3)14(10)17-8/h4-6,15H,7H2,1-3H3. The lowest BCUT2D eigenvalue weighted by Crippen LogP contribution is -2.05. The van der Waals surface area contributed by atoms with Gasteiger partial charge in [0.15, 0.2) is 0 Å². The average Bonchev–Trinajstić information content (AvgIpc) is 2.79. The first-order chi connectivity index (χ1) is 8.19. The van der Waals surface area contributed by atoms with Crippen LogP contribution in [0.1, 0.15) is 17.1 Å². The zero-order valence-corrected chi connectivity index (χ0v) is 10.3. The van der Waals surface area contributed by atoms with E-state index in [1.165, 1.54) is 5.56 Å². The first-order valence-electron chi connectivity index (χ1n) is 5.76. The van der Waals surface area contributed by atoms with Gasteiger partial charge in [0.05, 0.1) is 0 Å². The number of rotatable bonds is 2. The Morgan fingerprint density at radius 2 is 1.82 bits per heavy atom. The summed E-state index contributed by atoms with van der Waals surface area (Å²) in [6, 6.07) is 6.17. The fourth-order valence-corrected chi connectivity index (χ4v) is 2.37. The van der Waals surface area contributed by atoms with Gasteiger partial charge in [0.2, 0.25) is 0 Å². The van der Waals surface area contributed by atoms with E-state index in [9.17, 15) is 0 Å². The summed E-state index contributed by atoms with van der Waals surface area (Å²) in [7, 11) is 1.94. The molecule has 0 aliphatic carbocycles. The highest BCUT2D eigenvalue weighted by atomic mass is 16.3. The Morgan fingerprint density at radius 3 is 2.59 bits per heavy atom. The second-order valence-electron chi connectivity index (χ2n) is 4.43. The molecule has 88 valence electrons. The molecule has 0 saturated carbocycles. The Morgan fingerprint density at radius 1 is 1.06 bits per heavy atom. The molecule has 3 nitrogen and oxygen atoms in total. The van der Waals surface area contributed by atoms with Crippen molar-refractivity contribution in [1.29, 1.82) is 0 Å². The molecule has 0 bridgehead atoms. The summed E-state index contributed by atoms with van der Waals surface area (Å²) >= 11 is 0. The molecule has 0 spiro atoms. The predicted molar refractivity (Wildman–Crippen MR) is 68.2 cm³/mol. The van der Waals surface area contributed by atoms with Gasteiger partial charge in [0.1, 0.15) is 22.7 Å². The highest BCUT2D eigenvalue weighted by Gasteiger charge is 2.13. The second kappa shape index (κ2) is 3.64. The lowest BCUT2D eigenvalue weighted by molar-refractivity contribution is 0.571. The van der Waals surface area contributed by atoms with E-state index in [-0.39, 0.29) is 0 Å². The van der Waals surface area contributed by atoms with Crippen molar-refractivity contribution in [1.82, 2.24) is 5.32 Å². The maximum atomic E-state index is 5.79. The number of benzene rings is 1. The van der Waals surface area contributed by atoms with Crippen LogP contribution >= 0.6 is 0 Å². The minimum absolute atomic E-state index is 0.778. The number of furan rings is 2. The smallest absolute Gasteiger partial charge is 0.139 e. The van der Waals surface area contributed by atoms with Crippen LogP contribution in [-0.4, -0.2) is 7.05 Å². The highest BCUT2D eigenvalue weighted by Crippen LogP contribution is 2.32. The summed E-state index contributed by atoms with van der Waals surface area (Å²) in [5, 5.41) is 5.43. The van der Waals surface area contributed by atoms with Gasteiger partial charge < -0.3 is 14.2 Å². The van der Waals surface area contributed by atoms with Gasteiger partial charge in [-0.25, -0.2) is 0 Å². The van der Waals surface area contributed by atoms with Crippen molar-refractivity contribution in [2.24, 2.45) is 0 Å². The topological polar surface area (TPSA) is 38.3 Å². The van der Waals surface area contributed by atoms with Gasteiger partial charge in [-0.3, -0.25) is 0 Å². The van der Waals surface area contributed by atoms with Crippen LogP contribution in [0.15, 0.2) is 27.0 Å². The van der Waals surface area contributed by atoms with Gasteiger partial charge in [0, 0.05) is 22.9 Å². The Bertz CT molecular complexity index is 636. The van der Waals surface area contributed by atoms with Gasteiger partial charge in [-0.15, -0.1) is 0 Å². The van der Waals surface area contributed by atoms with Gasteiger partial charge in [-0.05, 0) is 39.1 Å². The Hall–Kier alpha value is -1.74. The summed E-state index contributed by atoms with van der Waals surface area (Å²) in [6.45, 7) is 4.71. The molecule has 1 N–H and O–H groups in total. The molecule has 0 saturated heterocycles. The summed E-state index contributed by atoms with van der Waals surface area (Å²) in [5.41, 5.74) is 3.07. The van der Waals surface area contributed by atoms with E-state index in [4.69, 9.17) is 8.83 Å². The second-order valence-corrected chi connectivity index (χ2v) is 4.43.